The highest BCUT2D eigenvalue weighted by molar-refractivity contribution is 6.31. The smallest absolute Gasteiger partial charge is 0.296 e. The van der Waals surface area contributed by atoms with Gasteiger partial charge in [0.2, 0.25) is 11.7 Å². The number of hydrogen-bond acceptors (Lipinski definition) is 7. The lowest BCUT2D eigenvalue weighted by Crippen LogP contribution is -2.32. The van der Waals surface area contributed by atoms with Crippen molar-refractivity contribution >= 4 is 56.9 Å². The van der Waals surface area contributed by atoms with Gasteiger partial charge >= 0.3 is 0 Å². The number of aryl methyl sites for hydroxylation is 2. The average Bonchev–Trinajstić information content (AvgIpc) is 3.62. The van der Waals surface area contributed by atoms with Crippen LogP contribution in [0.15, 0.2) is 70.3 Å². The van der Waals surface area contributed by atoms with Crippen LogP contribution in [0.4, 0.5) is 11.6 Å². The van der Waals surface area contributed by atoms with Crippen molar-refractivity contribution in [2.75, 3.05) is 31.0 Å². The molecule has 0 saturated heterocycles. The molecule has 0 saturated carbocycles. The number of furan rings is 1. The molecular weight excluding hydrogens is 544 g/mol. The van der Waals surface area contributed by atoms with E-state index in [0.717, 1.165) is 22.3 Å². The molecular formula is C31H27ClN4O5. The Kier molecular flexibility index (Phi) is 6.26. The van der Waals surface area contributed by atoms with E-state index < -0.39 is 23.5 Å². The summed E-state index contributed by atoms with van der Waals surface area (Å²) in [6, 6.07) is 15.1. The summed E-state index contributed by atoms with van der Waals surface area (Å²) in [5, 5.41) is 12.2. The maximum atomic E-state index is 14.1. The zero-order chi connectivity index (χ0) is 29.2. The number of H-pyrrole nitrogens is 1. The summed E-state index contributed by atoms with van der Waals surface area (Å²) < 4.78 is 11.3. The van der Waals surface area contributed by atoms with Gasteiger partial charge in [-0.05, 0) is 66.9 Å². The number of fused-ring (bicyclic) bond motifs is 2. The first kappa shape index (κ1) is 26.5. The van der Waals surface area contributed by atoms with Gasteiger partial charge in [0.05, 0.1) is 29.8 Å². The van der Waals surface area contributed by atoms with Crippen LogP contribution < -0.4 is 14.5 Å². The van der Waals surface area contributed by atoms with Crippen LogP contribution in [-0.4, -0.2) is 48.0 Å². The maximum absolute atomic E-state index is 14.1. The average molecular weight is 571 g/mol. The molecule has 41 heavy (non-hydrogen) atoms. The normalized spacial score (nSPS) is 15.4. The third kappa shape index (κ3) is 4.29. The number of ether oxygens (including phenoxy) is 1. The fourth-order valence-electron chi connectivity index (χ4n) is 5.18. The lowest BCUT2D eigenvalue weighted by molar-refractivity contribution is -0.117. The molecule has 10 heteroatoms. The number of anilines is 2. The number of nitrogens with one attached hydrogen (secondary N) is 1. The Bertz CT molecular complexity index is 1860. The Morgan fingerprint density at radius 3 is 2.49 bits per heavy atom. The maximum Gasteiger partial charge on any atom is 0.296 e. The fraction of sp³-hybridized carbons (Fsp3) is 0.194. The summed E-state index contributed by atoms with van der Waals surface area (Å²) in [4.78, 5) is 38.9. The molecule has 2 N–H and O–H groups in total. The highest BCUT2D eigenvalue weighted by Crippen LogP contribution is 2.43. The van der Waals surface area contributed by atoms with Crippen molar-refractivity contribution in [1.29, 1.82) is 0 Å². The van der Waals surface area contributed by atoms with Gasteiger partial charge in [0, 0.05) is 36.3 Å². The number of halogens is 1. The summed E-state index contributed by atoms with van der Waals surface area (Å²) in [6.45, 7) is 3.98. The molecule has 1 unspecified atom stereocenters. The van der Waals surface area contributed by atoms with Crippen LogP contribution >= 0.6 is 11.6 Å². The van der Waals surface area contributed by atoms with Crippen LogP contribution in [0, 0.1) is 13.8 Å². The van der Waals surface area contributed by atoms with Crippen molar-refractivity contribution in [2.45, 2.75) is 19.9 Å². The Hall–Kier alpha value is -4.76. The highest BCUT2D eigenvalue weighted by atomic mass is 35.5. The van der Waals surface area contributed by atoms with Gasteiger partial charge in [-0.1, -0.05) is 23.7 Å². The van der Waals surface area contributed by atoms with Gasteiger partial charge in [-0.3, -0.25) is 14.5 Å². The number of hydrogen-bond donors (Lipinski definition) is 2. The molecule has 0 aliphatic carbocycles. The first-order valence-corrected chi connectivity index (χ1v) is 13.3. The fourth-order valence-corrected chi connectivity index (χ4v) is 5.39. The molecule has 1 atom stereocenters. The van der Waals surface area contributed by atoms with E-state index in [1.165, 1.54) is 18.1 Å². The second kappa shape index (κ2) is 9.71. The number of rotatable bonds is 6. The van der Waals surface area contributed by atoms with Crippen LogP contribution in [0.3, 0.4) is 0 Å². The number of amides is 1. The monoisotopic (exact) mass is 570 g/mol. The van der Waals surface area contributed by atoms with Gasteiger partial charge in [0.25, 0.3) is 5.91 Å². The zero-order valence-corrected chi connectivity index (χ0v) is 23.8. The number of aromatic amines is 1. The van der Waals surface area contributed by atoms with Gasteiger partial charge in [-0.2, -0.15) is 0 Å². The van der Waals surface area contributed by atoms with Gasteiger partial charge in [-0.15, -0.1) is 0 Å². The lowest BCUT2D eigenvalue weighted by atomic mass is 9.95. The predicted molar refractivity (Wildman–Crippen MR) is 158 cm³/mol. The first-order chi connectivity index (χ1) is 19.6. The number of carbonyl (C=O) groups is 2. The molecule has 2 aromatic heterocycles. The van der Waals surface area contributed by atoms with E-state index in [1.807, 2.05) is 69.2 Å². The zero-order valence-electron chi connectivity index (χ0n) is 23.1. The predicted octanol–water partition coefficient (Wildman–Crippen LogP) is 6.44. The van der Waals surface area contributed by atoms with Gasteiger partial charge < -0.3 is 24.1 Å². The van der Waals surface area contributed by atoms with Crippen molar-refractivity contribution in [3.8, 4) is 5.75 Å². The summed E-state index contributed by atoms with van der Waals surface area (Å²) in [5.74, 6) is -1.56. The van der Waals surface area contributed by atoms with E-state index in [2.05, 4.69) is 9.97 Å². The molecule has 6 rings (SSSR count). The Morgan fingerprint density at radius 1 is 1.10 bits per heavy atom. The van der Waals surface area contributed by atoms with Crippen molar-refractivity contribution in [1.82, 2.24) is 9.97 Å². The largest absolute Gasteiger partial charge is 0.503 e. The van der Waals surface area contributed by atoms with E-state index in [-0.39, 0.29) is 17.3 Å². The lowest BCUT2D eigenvalue weighted by Gasteiger charge is -2.25. The van der Waals surface area contributed by atoms with Crippen molar-refractivity contribution in [3.05, 3.63) is 93.4 Å². The van der Waals surface area contributed by atoms with Crippen LogP contribution in [0.5, 0.6) is 5.75 Å². The van der Waals surface area contributed by atoms with Gasteiger partial charge in [0.1, 0.15) is 0 Å². The third-order valence-electron chi connectivity index (χ3n) is 7.48. The number of carbonyl (C=O) groups excluding carboxylic acids is 2. The molecule has 0 bridgehead atoms. The third-order valence-corrected chi connectivity index (χ3v) is 7.70. The summed E-state index contributed by atoms with van der Waals surface area (Å²) in [6.07, 6.45) is 0. The number of aromatic nitrogens is 2. The molecule has 0 spiro atoms. The molecule has 3 aromatic carbocycles. The van der Waals surface area contributed by atoms with Crippen LogP contribution in [0.1, 0.15) is 33.3 Å². The van der Waals surface area contributed by atoms with Crippen LogP contribution in [-0.2, 0) is 4.79 Å². The van der Waals surface area contributed by atoms with Crippen LogP contribution in [0.2, 0.25) is 5.02 Å². The summed E-state index contributed by atoms with van der Waals surface area (Å²) >= 11 is 6.22. The van der Waals surface area contributed by atoms with Gasteiger partial charge in [-0.25, -0.2) is 4.98 Å². The Labute approximate surface area is 240 Å². The second-order valence-corrected chi connectivity index (χ2v) is 10.7. The molecule has 5 aromatic rings. The minimum atomic E-state index is -0.979. The molecule has 9 nitrogen and oxygen atoms in total. The number of aliphatic hydroxyl groups is 1. The Morgan fingerprint density at radius 2 is 1.80 bits per heavy atom. The van der Waals surface area contributed by atoms with Crippen molar-refractivity contribution in [2.24, 2.45) is 0 Å². The number of nitrogens with zero attached hydrogens (tertiary/aromatic N) is 3. The number of methoxy groups -OCH3 is 1. The van der Waals surface area contributed by atoms with E-state index in [9.17, 15) is 14.7 Å². The van der Waals surface area contributed by atoms with Crippen molar-refractivity contribution in [3.63, 3.8) is 0 Å². The topological polar surface area (TPSA) is 112 Å². The molecule has 0 radical (unpaired) electrons. The second-order valence-electron chi connectivity index (χ2n) is 10.3. The standard InChI is InChI=1S/C31H27ClN4O5/c1-15-10-21-22(11-16(15)2)34-31(33-21)36-26(17-6-8-20(9-7-17)35(3)4)25(28(38)30(36)39)27(37)23-13-18-12-19(32)14-24(40-5)29(18)41-23/h6-14,26,38H,1-5H3,(H,33,34). The number of benzene rings is 3. The van der Waals surface area contributed by atoms with Gasteiger partial charge in [0.15, 0.2) is 22.9 Å². The molecule has 208 valence electrons. The molecule has 1 aliphatic heterocycles. The molecule has 1 aliphatic rings. The highest BCUT2D eigenvalue weighted by Gasteiger charge is 2.46. The van der Waals surface area contributed by atoms with E-state index in [0.29, 0.717) is 32.8 Å². The quantitative estimate of drug-likeness (QED) is 0.226. The number of imidazole rings is 1. The first-order valence-electron chi connectivity index (χ1n) is 12.9. The number of ketones is 1. The summed E-state index contributed by atoms with van der Waals surface area (Å²) in [7, 11) is 5.31. The summed E-state index contributed by atoms with van der Waals surface area (Å²) in [5.41, 5.74) is 5.27. The SMILES string of the molecule is COc1cc(Cl)cc2cc(C(=O)C3=C(O)C(=O)N(c4nc5cc(C)c(C)cc5[nH]4)C3c3ccc(N(C)C)cc3)oc12. The van der Waals surface area contributed by atoms with E-state index >= 15 is 0 Å². The Balaban J connectivity index is 1.51. The molecule has 0 fully saturated rings. The molecule has 1 amide bonds. The number of Topliss-reactive ketones (excluding diaryl/α,β-unsaturated/α-hetero) is 1. The minimum absolute atomic E-state index is 0.0671. The molecule has 3 heterocycles. The number of aliphatic hydroxyl groups excluding tert-OH is 1. The van der Waals surface area contributed by atoms with E-state index in [4.69, 9.17) is 20.8 Å². The minimum Gasteiger partial charge on any atom is -0.503 e. The van der Waals surface area contributed by atoms with E-state index in [1.54, 1.807) is 12.1 Å². The van der Waals surface area contributed by atoms with Crippen LogP contribution in [0.25, 0.3) is 22.0 Å². The van der Waals surface area contributed by atoms with Crippen molar-refractivity contribution < 1.29 is 23.8 Å².